The van der Waals surface area contributed by atoms with Gasteiger partial charge in [0, 0.05) is 31.9 Å². The number of nitrogens with zero attached hydrogens (tertiary/aromatic N) is 2. The quantitative estimate of drug-likeness (QED) is 0.524. The van der Waals surface area contributed by atoms with Gasteiger partial charge >= 0.3 is 0 Å². The molecule has 0 saturated heterocycles. The third-order valence-corrected chi connectivity index (χ3v) is 3.84. The number of hydrogen-bond acceptors (Lipinski definition) is 3. The summed E-state index contributed by atoms with van der Waals surface area (Å²) in [6, 6.07) is 0.401. The zero-order chi connectivity index (χ0) is 13.4. The lowest BCUT2D eigenvalue weighted by atomic mass is 9.89. The van der Waals surface area contributed by atoms with Crippen molar-refractivity contribution in [2.45, 2.75) is 58.4 Å². The maximum absolute atomic E-state index is 5.72. The average molecular weight is 252 g/mol. The Balaban J connectivity index is 2.47. The number of aryl methyl sites for hydroxylation is 2. The number of hydrogen-bond donors (Lipinski definition) is 2. The van der Waals surface area contributed by atoms with E-state index in [0.29, 0.717) is 12.0 Å². The molecule has 1 aromatic heterocycles. The molecule has 2 unspecified atom stereocenters. The number of hydrazine groups is 1. The highest BCUT2D eigenvalue weighted by molar-refractivity contribution is 4.92. The van der Waals surface area contributed by atoms with Gasteiger partial charge in [-0.05, 0) is 18.8 Å². The van der Waals surface area contributed by atoms with Crippen molar-refractivity contribution < 1.29 is 0 Å². The van der Waals surface area contributed by atoms with Crippen LogP contribution in [0.4, 0.5) is 0 Å². The fraction of sp³-hybridized carbons (Fsp3) is 0.786. The SMILES string of the molecule is CCCCC(CC)C(CCc1nccn1C)NN. The molecule has 0 radical (unpaired) electrons. The summed E-state index contributed by atoms with van der Waals surface area (Å²) in [7, 11) is 2.04. The second-order valence-electron chi connectivity index (χ2n) is 5.08. The van der Waals surface area contributed by atoms with Gasteiger partial charge in [-0.3, -0.25) is 11.3 Å². The van der Waals surface area contributed by atoms with Gasteiger partial charge in [-0.2, -0.15) is 0 Å². The van der Waals surface area contributed by atoms with Crippen LogP contribution in [-0.4, -0.2) is 15.6 Å². The third-order valence-electron chi connectivity index (χ3n) is 3.84. The van der Waals surface area contributed by atoms with Crippen LogP contribution in [0, 0.1) is 5.92 Å². The number of aromatic nitrogens is 2. The lowest BCUT2D eigenvalue weighted by molar-refractivity contribution is 0.304. The molecule has 0 spiro atoms. The lowest BCUT2D eigenvalue weighted by Crippen LogP contribution is -2.41. The molecule has 2 atom stereocenters. The molecule has 0 aliphatic carbocycles. The van der Waals surface area contributed by atoms with Gasteiger partial charge in [-0.15, -0.1) is 0 Å². The van der Waals surface area contributed by atoms with Gasteiger partial charge in [-0.25, -0.2) is 4.98 Å². The lowest BCUT2D eigenvalue weighted by Gasteiger charge is -2.25. The van der Waals surface area contributed by atoms with Crippen molar-refractivity contribution in [3.05, 3.63) is 18.2 Å². The van der Waals surface area contributed by atoms with Gasteiger partial charge in [0.1, 0.15) is 5.82 Å². The van der Waals surface area contributed by atoms with Crippen LogP contribution in [-0.2, 0) is 13.5 Å². The van der Waals surface area contributed by atoms with Crippen molar-refractivity contribution in [2.24, 2.45) is 18.8 Å². The molecule has 104 valence electrons. The molecule has 4 heteroatoms. The van der Waals surface area contributed by atoms with E-state index in [1.165, 1.54) is 25.7 Å². The number of rotatable bonds is 9. The molecule has 1 rings (SSSR count). The molecular formula is C14H28N4. The first-order valence-electron chi connectivity index (χ1n) is 7.15. The predicted molar refractivity (Wildman–Crippen MR) is 75.9 cm³/mol. The molecule has 0 saturated carbocycles. The molecule has 0 amide bonds. The van der Waals surface area contributed by atoms with Gasteiger partial charge in [0.2, 0.25) is 0 Å². The molecule has 4 nitrogen and oxygen atoms in total. The molecule has 18 heavy (non-hydrogen) atoms. The van der Waals surface area contributed by atoms with Crippen molar-refractivity contribution in [2.75, 3.05) is 0 Å². The minimum atomic E-state index is 0.401. The summed E-state index contributed by atoms with van der Waals surface area (Å²) < 4.78 is 2.08. The fourth-order valence-electron chi connectivity index (χ4n) is 2.53. The summed E-state index contributed by atoms with van der Waals surface area (Å²) in [6.07, 6.45) is 10.9. The second-order valence-corrected chi connectivity index (χ2v) is 5.08. The van der Waals surface area contributed by atoms with E-state index in [0.717, 1.165) is 18.7 Å². The smallest absolute Gasteiger partial charge is 0.108 e. The Hall–Kier alpha value is -0.870. The van der Waals surface area contributed by atoms with Crippen LogP contribution in [0.1, 0.15) is 51.8 Å². The predicted octanol–water partition coefficient (Wildman–Crippen LogP) is 2.40. The van der Waals surface area contributed by atoms with Gasteiger partial charge in [0.15, 0.2) is 0 Å². The normalized spacial score (nSPS) is 14.7. The van der Waals surface area contributed by atoms with E-state index in [4.69, 9.17) is 5.84 Å². The zero-order valence-electron chi connectivity index (χ0n) is 12.0. The Morgan fingerprint density at radius 1 is 1.39 bits per heavy atom. The number of unbranched alkanes of at least 4 members (excludes halogenated alkanes) is 1. The van der Waals surface area contributed by atoms with Gasteiger partial charge in [-0.1, -0.05) is 33.1 Å². The van der Waals surface area contributed by atoms with Crippen LogP contribution in [0.5, 0.6) is 0 Å². The van der Waals surface area contributed by atoms with Crippen molar-refractivity contribution in [3.63, 3.8) is 0 Å². The van der Waals surface area contributed by atoms with Crippen LogP contribution in [0.3, 0.4) is 0 Å². The van der Waals surface area contributed by atoms with Crippen molar-refractivity contribution in [3.8, 4) is 0 Å². The number of nitrogens with two attached hydrogens (primary N) is 1. The van der Waals surface area contributed by atoms with E-state index in [1.54, 1.807) is 0 Å². The fourth-order valence-corrected chi connectivity index (χ4v) is 2.53. The molecule has 0 aliphatic rings. The molecule has 0 aliphatic heterocycles. The standard InChI is InChI=1S/C14H28N4/c1-4-6-7-12(5-2)13(17-15)8-9-14-16-10-11-18(14)3/h10-13,17H,4-9,15H2,1-3H3. The highest BCUT2D eigenvalue weighted by Crippen LogP contribution is 2.20. The van der Waals surface area contributed by atoms with Crippen molar-refractivity contribution in [1.29, 1.82) is 0 Å². The highest BCUT2D eigenvalue weighted by atomic mass is 15.2. The first-order valence-corrected chi connectivity index (χ1v) is 7.15. The topological polar surface area (TPSA) is 55.9 Å². The highest BCUT2D eigenvalue weighted by Gasteiger charge is 2.18. The van der Waals surface area contributed by atoms with Crippen LogP contribution < -0.4 is 11.3 Å². The second kappa shape index (κ2) is 8.27. The summed E-state index contributed by atoms with van der Waals surface area (Å²) in [5.74, 6) is 7.54. The van der Waals surface area contributed by atoms with Crippen molar-refractivity contribution >= 4 is 0 Å². The largest absolute Gasteiger partial charge is 0.338 e. The summed E-state index contributed by atoms with van der Waals surface area (Å²) in [5.41, 5.74) is 3.01. The molecule has 3 N–H and O–H groups in total. The number of imidazole rings is 1. The van der Waals surface area contributed by atoms with Gasteiger partial charge < -0.3 is 4.57 Å². The summed E-state index contributed by atoms with van der Waals surface area (Å²) in [6.45, 7) is 4.50. The summed E-state index contributed by atoms with van der Waals surface area (Å²) >= 11 is 0. The van der Waals surface area contributed by atoms with Gasteiger partial charge in [0.25, 0.3) is 0 Å². The first-order chi connectivity index (χ1) is 8.72. The summed E-state index contributed by atoms with van der Waals surface area (Å²) in [5, 5.41) is 0. The summed E-state index contributed by atoms with van der Waals surface area (Å²) in [4.78, 5) is 4.36. The molecule has 1 aromatic rings. The minimum Gasteiger partial charge on any atom is -0.338 e. The van der Waals surface area contributed by atoms with Crippen LogP contribution in [0.2, 0.25) is 0 Å². The van der Waals surface area contributed by atoms with Gasteiger partial charge in [0.05, 0.1) is 0 Å². The molecular weight excluding hydrogens is 224 g/mol. The molecule has 0 bridgehead atoms. The molecule has 0 aromatic carbocycles. The number of nitrogens with one attached hydrogen (secondary N) is 1. The van der Waals surface area contributed by atoms with Crippen molar-refractivity contribution in [1.82, 2.24) is 15.0 Å². The molecule has 0 fully saturated rings. The Morgan fingerprint density at radius 3 is 2.67 bits per heavy atom. The Morgan fingerprint density at radius 2 is 2.17 bits per heavy atom. The monoisotopic (exact) mass is 252 g/mol. The Kier molecular flexibility index (Phi) is 6.98. The zero-order valence-corrected chi connectivity index (χ0v) is 12.0. The van der Waals surface area contributed by atoms with E-state index < -0.39 is 0 Å². The van der Waals surface area contributed by atoms with E-state index >= 15 is 0 Å². The van der Waals surface area contributed by atoms with E-state index in [1.807, 2.05) is 19.4 Å². The Bertz CT molecular complexity index is 321. The van der Waals surface area contributed by atoms with Crippen LogP contribution in [0.25, 0.3) is 0 Å². The van der Waals surface area contributed by atoms with E-state index in [2.05, 4.69) is 28.8 Å². The van der Waals surface area contributed by atoms with E-state index in [9.17, 15) is 0 Å². The van der Waals surface area contributed by atoms with Crippen LogP contribution >= 0.6 is 0 Å². The first kappa shape index (κ1) is 15.2. The van der Waals surface area contributed by atoms with E-state index in [-0.39, 0.29) is 0 Å². The maximum atomic E-state index is 5.72. The molecule has 1 heterocycles. The Labute approximate surface area is 111 Å². The third kappa shape index (κ3) is 4.42. The minimum absolute atomic E-state index is 0.401. The maximum Gasteiger partial charge on any atom is 0.108 e. The van der Waals surface area contributed by atoms with Crippen LogP contribution in [0.15, 0.2) is 12.4 Å². The average Bonchev–Trinajstić information content (AvgIpc) is 2.79.